The molecule has 0 saturated heterocycles. The highest BCUT2D eigenvalue weighted by Gasteiger charge is 2.24. The lowest BCUT2D eigenvalue weighted by molar-refractivity contribution is -0.149. The zero-order valence-corrected chi connectivity index (χ0v) is 17.6. The molecule has 30 heavy (non-hydrogen) atoms. The number of hydrogen-bond donors (Lipinski definition) is 1. The fourth-order valence-electron chi connectivity index (χ4n) is 3.66. The van der Waals surface area contributed by atoms with E-state index in [0.717, 1.165) is 31.2 Å². The molecule has 0 aliphatic heterocycles. The summed E-state index contributed by atoms with van der Waals surface area (Å²) in [6.07, 6.45) is 6.29. The third-order valence-electron chi connectivity index (χ3n) is 5.35. The van der Waals surface area contributed by atoms with Crippen molar-refractivity contribution in [3.8, 4) is 5.75 Å². The van der Waals surface area contributed by atoms with Crippen LogP contribution >= 0.6 is 0 Å². The normalized spacial score (nSPS) is 15.9. The molecule has 0 spiro atoms. The highest BCUT2D eigenvalue weighted by Crippen LogP contribution is 2.26. The number of ether oxygens (including phenoxy) is 2. The maximum atomic E-state index is 13.0. The van der Waals surface area contributed by atoms with Crippen LogP contribution in [0, 0.1) is 0 Å². The lowest BCUT2D eigenvalue weighted by Crippen LogP contribution is -2.42. The van der Waals surface area contributed by atoms with Gasteiger partial charge in [-0.05, 0) is 37.5 Å². The number of carbonyl (C=O) groups is 2. The summed E-state index contributed by atoms with van der Waals surface area (Å²) in [7, 11) is 1.59. The zero-order valence-electron chi connectivity index (χ0n) is 17.6. The van der Waals surface area contributed by atoms with E-state index in [9.17, 15) is 9.59 Å². The van der Waals surface area contributed by atoms with Crippen LogP contribution in [-0.4, -0.2) is 31.1 Å². The SMILES string of the molecule is COc1ccccc1/C=C(/C(=O)O[C@@H](C)C(=O)NC1CCCCC1)c1ccccc1. The zero-order chi connectivity index (χ0) is 21.3. The van der Waals surface area contributed by atoms with Crippen molar-refractivity contribution in [2.24, 2.45) is 0 Å². The van der Waals surface area contributed by atoms with Gasteiger partial charge in [0.05, 0.1) is 12.7 Å². The van der Waals surface area contributed by atoms with Gasteiger partial charge < -0.3 is 14.8 Å². The van der Waals surface area contributed by atoms with E-state index in [1.807, 2.05) is 54.6 Å². The van der Waals surface area contributed by atoms with Crippen LogP contribution in [0.25, 0.3) is 11.6 Å². The van der Waals surface area contributed by atoms with E-state index >= 15 is 0 Å². The molecule has 1 N–H and O–H groups in total. The van der Waals surface area contributed by atoms with Gasteiger partial charge in [0.15, 0.2) is 6.10 Å². The van der Waals surface area contributed by atoms with Crippen LogP contribution < -0.4 is 10.1 Å². The number of esters is 1. The Hall–Kier alpha value is -3.08. The summed E-state index contributed by atoms with van der Waals surface area (Å²) in [5, 5.41) is 3.02. The fourth-order valence-corrected chi connectivity index (χ4v) is 3.66. The Morgan fingerprint density at radius 1 is 1.00 bits per heavy atom. The second-order valence-corrected chi connectivity index (χ2v) is 7.56. The second-order valence-electron chi connectivity index (χ2n) is 7.56. The van der Waals surface area contributed by atoms with Crippen molar-refractivity contribution in [3.05, 3.63) is 65.7 Å². The van der Waals surface area contributed by atoms with Gasteiger partial charge in [-0.3, -0.25) is 4.79 Å². The first kappa shape index (κ1) is 21.6. The monoisotopic (exact) mass is 407 g/mol. The molecule has 0 unspecified atom stereocenters. The molecular formula is C25H29NO4. The Morgan fingerprint density at radius 2 is 1.67 bits per heavy atom. The molecule has 0 aromatic heterocycles. The molecule has 3 rings (SSSR count). The maximum absolute atomic E-state index is 13.0. The van der Waals surface area contributed by atoms with E-state index in [4.69, 9.17) is 9.47 Å². The minimum Gasteiger partial charge on any atom is -0.496 e. The van der Waals surface area contributed by atoms with Crippen LogP contribution in [0.2, 0.25) is 0 Å². The van der Waals surface area contributed by atoms with Gasteiger partial charge in [-0.25, -0.2) is 4.79 Å². The predicted molar refractivity (Wildman–Crippen MR) is 118 cm³/mol. The highest BCUT2D eigenvalue weighted by atomic mass is 16.5. The van der Waals surface area contributed by atoms with Crippen molar-refractivity contribution in [3.63, 3.8) is 0 Å². The van der Waals surface area contributed by atoms with Gasteiger partial charge in [0.2, 0.25) is 0 Å². The van der Waals surface area contributed by atoms with Gasteiger partial charge in [-0.15, -0.1) is 0 Å². The van der Waals surface area contributed by atoms with Crippen molar-refractivity contribution in [2.45, 2.75) is 51.2 Å². The Bertz CT molecular complexity index is 885. The smallest absolute Gasteiger partial charge is 0.339 e. The van der Waals surface area contributed by atoms with Crippen LogP contribution in [0.15, 0.2) is 54.6 Å². The Balaban J connectivity index is 1.78. The summed E-state index contributed by atoms with van der Waals surface area (Å²) >= 11 is 0. The summed E-state index contributed by atoms with van der Waals surface area (Å²) in [5.74, 6) is -0.139. The van der Waals surface area contributed by atoms with Gasteiger partial charge >= 0.3 is 5.97 Å². The van der Waals surface area contributed by atoms with Crippen molar-refractivity contribution in [2.75, 3.05) is 7.11 Å². The first-order chi connectivity index (χ1) is 14.6. The molecular weight excluding hydrogens is 378 g/mol. The molecule has 2 aromatic rings. The summed E-state index contributed by atoms with van der Waals surface area (Å²) in [4.78, 5) is 25.6. The molecule has 0 radical (unpaired) electrons. The van der Waals surface area contributed by atoms with E-state index in [1.165, 1.54) is 6.42 Å². The Labute approximate surface area is 178 Å². The molecule has 5 nitrogen and oxygen atoms in total. The van der Waals surface area contributed by atoms with E-state index < -0.39 is 12.1 Å². The van der Waals surface area contributed by atoms with E-state index in [0.29, 0.717) is 16.9 Å². The lowest BCUT2D eigenvalue weighted by Gasteiger charge is -2.24. The molecule has 0 heterocycles. The van der Waals surface area contributed by atoms with Gasteiger partial charge in [-0.1, -0.05) is 67.8 Å². The van der Waals surface area contributed by atoms with Crippen LogP contribution in [0.3, 0.4) is 0 Å². The standard InChI is InChI=1S/C25H29NO4/c1-18(24(27)26-21-14-7-4-8-15-21)30-25(28)22(19-11-5-3-6-12-19)17-20-13-9-10-16-23(20)29-2/h3,5-6,9-13,16-18,21H,4,7-8,14-15H2,1-2H3,(H,26,27)/b22-17+/t18-/m0/s1. The van der Waals surface area contributed by atoms with Crippen LogP contribution in [0.1, 0.15) is 50.2 Å². The van der Waals surface area contributed by atoms with Gasteiger partial charge in [-0.2, -0.15) is 0 Å². The van der Waals surface area contributed by atoms with Crippen molar-refractivity contribution < 1.29 is 19.1 Å². The average molecular weight is 408 g/mol. The molecule has 1 atom stereocenters. The van der Waals surface area contributed by atoms with E-state index in [2.05, 4.69) is 5.32 Å². The molecule has 1 saturated carbocycles. The van der Waals surface area contributed by atoms with Gasteiger partial charge in [0, 0.05) is 11.6 Å². The lowest BCUT2D eigenvalue weighted by atomic mass is 9.95. The molecule has 0 bridgehead atoms. The number of rotatable bonds is 7. The van der Waals surface area contributed by atoms with Crippen molar-refractivity contribution in [1.82, 2.24) is 5.32 Å². The number of amides is 1. The number of carbonyl (C=O) groups excluding carboxylic acids is 2. The molecule has 2 aromatic carbocycles. The molecule has 158 valence electrons. The molecule has 1 aliphatic carbocycles. The molecule has 1 amide bonds. The molecule has 5 heteroatoms. The van der Waals surface area contributed by atoms with Crippen molar-refractivity contribution in [1.29, 1.82) is 0 Å². The van der Waals surface area contributed by atoms with Gasteiger partial charge in [0.1, 0.15) is 5.75 Å². The number of hydrogen-bond acceptors (Lipinski definition) is 4. The average Bonchev–Trinajstić information content (AvgIpc) is 2.78. The van der Waals surface area contributed by atoms with E-state index in [-0.39, 0.29) is 11.9 Å². The minimum atomic E-state index is -0.871. The first-order valence-electron chi connectivity index (χ1n) is 10.5. The Kier molecular flexibility index (Phi) is 7.66. The minimum absolute atomic E-state index is 0.171. The quantitative estimate of drug-likeness (QED) is 0.413. The summed E-state index contributed by atoms with van der Waals surface area (Å²) in [6, 6.07) is 16.9. The third-order valence-corrected chi connectivity index (χ3v) is 5.35. The van der Waals surface area contributed by atoms with E-state index in [1.54, 1.807) is 20.1 Å². The predicted octanol–water partition coefficient (Wildman–Crippen LogP) is 4.62. The van der Waals surface area contributed by atoms with Crippen LogP contribution in [0.5, 0.6) is 5.75 Å². The van der Waals surface area contributed by atoms with Crippen LogP contribution in [0.4, 0.5) is 0 Å². The summed E-state index contributed by atoms with van der Waals surface area (Å²) < 4.78 is 11.0. The third kappa shape index (κ3) is 5.72. The number of methoxy groups -OCH3 is 1. The highest BCUT2D eigenvalue weighted by molar-refractivity contribution is 6.22. The summed E-state index contributed by atoms with van der Waals surface area (Å²) in [6.45, 7) is 1.61. The molecule has 1 aliphatic rings. The maximum Gasteiger partial charge on any atom is 0.339 e. The number of nitrogens with one attached hydrogen (secondary N) is 1. The summed E-state index contributed by atoms with van der Waals surface area (Å²) in [5.41, 5.74) is 1.85. The van der Waals surface area contributed by atoms with Crippen LogP contribution in [-0.2, 0) is 14.3 Å². The van der Waals surface area contributed by atoms with Gasteiger partial charge in [0.25, 0.3) is 5.91 Å². The first-order valence-corrected chi connectivity index (χ1v) is 10.5. The second kappa shape index (κ2) is 10.6. The number of para-hydroxylation sites is 1. The fraction of sp³-hybridized carbons (Fsp3) is 0.360. The Morgan fingerprint density at radius 3 is 2.37 bits per heavy atom. The topological polar surface area (TPSA) is 64.6 Å². The largest absolute Gasteiger partial charge is 0.496 e. The molecule has 1 fully saturated rings. The number of benzene rings is 2. The van der Waals surface area contributed by atoms with Crippen molar-refractivity contribution >= 4 is 23.5 Å².